The van der Waals surface area contributed by atoms with Crippen LogP contribution in [0.25, 0.3) is 0 Å². The van der Waals surface area contributed by atoms with Crippen molar-refractivity contribution in [2.24, 2.45) is 12.0 Å². The highest BCUT2D eigenvalue weighted by atomic mass is 127. The number of aryl methyl sites for hydroxylation is 1. The molecule has 1 aliphatic heterocycles. The quantitative estimate of drug-likeness (QED) is 0.438. The molecular formula is C15H28IN5O. The van der Waals surface area contributed by atoms with E-state index in [2.05, 4.69) is 57.1 Å². The summed E-state index contributed by atoms with van der Waals surface area (Å²) in [5.74, 6) is 0.935. The van der Waals surface area contributed by atoms with E-state index in [0.29, 0.717) is 0 Å². The Balaban J connectivity index is 0.00000242. The molecule has 1 aromatic rings. The minimum atomic E-state index is 0. The summed E-state index contributed by atoms with van der Waals surface area (Å²) in [6.45, 7) is 6.54. The van der Waals surface area contributed by atoms with E-state index in [4.69, 9.17) is 4.74 Å². The molecule has 0 amide bonds. The summed E-state index contributed by atoms with van der Waals surface area (Å²) in [5.41, 5.74) is 1.27. The van der Waals surface area contributed by atoms with E-state index < -0.39 is 0 Å². The summed E-state index contributed by atoms with van der Waals surface area (Å²) < 4.78 is 7.50. The Kier molecular flexibility index (Phi) is 8.81. The average Bonchev–Trinajstić information content (AvgIpc) is 2.90. The van der Waals surface area contributed by atoms with Gasteiger partial charge in [-0.1, -0.05) is 0 Å². The molecule has 1 aromatic heterocycles. The summed E-state index contributed by atoms with van der Waals surface area (Å²) >= 11 is 0. The van der Waals surface area contributed by atoms with Gasteiger partial charge in [0.15, 0.2) is 5.96 Å². The second kappa shape index (κ2) is 10.1. The van der Waals surface area contributed by atoms with Gasteiger partial charge in [0.1, 0.15) is 0 Å². The van der Waals surface area contributed by atoms with Crippen LogP contribution in [0.15, 0.2) is 23.3 Å². The molecule has 0 aromatic carbocycles. The summed E-state index contributed by atoms with van der Waals surface area (Å²) in [4.78, 5) is 8.92. The SMILES string of the molecule is CN=C(NCCN1CCOCC1)N(C)Cc1cccn1C.I. The van der Waals surface area contributed by atoms with Crippen LogP contribution in [0.1, 0.15) is 5.69 Å². The first-order chi connectivity index (χ1) is 10.2. The van der Waals surface area contributed by atoms with Crippen molar-refractivity contribution < 1.29 is 4.74 Å². The molecule has 1 aliphatic rings. The fourth-order valence-corrected chi connectivity index (χ4v) is 2.51. The Morgan fingerprint density at radius 3 is 2.73 bits per heavy atom. The molecule has 126 valence electrons. The van der Waals surface area contributed by atoms with Crippen LogP contribution in [0.4, 0.5) is 0 Å². The second-order valence-corrected chi connectivity index (χ2v) is 5.39. The lowest BCUT2D eigenvalue weighted by Crippen LogP contribution is -2.44. The predicted molar refractivity (Wildman–Crippen MR) is 101 cm³/mol. The molecule has 0 spiro atoms. The standard InChI is InChI=1S/C15H27N5O.HI/c1-16-15(17-6-8-20-9-11-21-12-10-20)19(3)13-14-5-4-7-18(14)2;/h4-5,7H,6,8-13H2,1-3H3,(H,16,17);1H. The number of aromatic nitrogens is 1. The van der Waals surface area contributed by atoms with E-state index in [1.165, 1.54) is 5.69 Å². The Hall–Kier alpha value is -0.800. The van der Waals surface area contributed by atoms with E-state index in [1.807, 2.05) is 7.05 Å². The second-order valence-electron chi connectivity index (χ2n) is 5.39. The molecular weight excluding hydrogens is 393 g/mol. The van der Waals surface area contributed by atoms with E-state index in [-0.39, 0.29) is 24.0 Å². The Labute approximate surface area is 150 Å². The summed E-state index contributed by atoms with van der Waals surface area (Å²) in [5, 5.41) is 3.43. The van der Waals surface area contributed by atoms with Crippen molar-refractivity contribution in [2.45, 2.75) is 6.54 Å². The van der Waals surface area contributed by atoms with E-state index >= 15 is 0 Å². The van der Waals surface area contributed by atoms with Gasteiger partial charge in [-0.3, -0.25) is 9.89 Å². The van der Waals surface area contributed by atoms with Gasteiger partial charge >= 0.3 is 0 Å². The molecule has 1 N–H and O–H groups in total. The molecule has 7 heteroatoms. The number of guanidine groups is 1. The topological polar surface area (TPSA) is 45.0 Å². The predicted octanol–water partition coefficient (Wildman–Crippen LogP) is 0.983. The summed E-state index contributed by atoms with van der Waals surface area (Å²) in [6.07, 6.45) is 2.07. The number of morpholine rings is 1. The van der Waals surface area contributed by atoms with Gasteiger partial charge < -0.3 is 19.5 Å². The third-order valence-electron chi connectivity index (χ3n) is 3.84. The Bertz CT molecular complexity index is 457. The number of hydrogen-bond acceptors (Lipinski definition) is 3. The van der Waals surface area contributed by atoms with Crippen LogP contribution in [0.3, 0.4) is 0 Å². The van der Waals surface area contributed by atoms with Gasteiger partial charge in [-0.2, -0.15) is 0 Å². The first kappa shape index (κ1) is 19.2. The van der Waals surface area contributed by atoms with Crippen LogP contribution in [0.2, 0.25) is 0 Å². The smallest absolute Gasteiger partial charge is 0.193 e. The maximum atomic E-state index is 5.36. The summed E-state index contributed by atoms with van der Waals surface area (Å²) in [6, 6.07) is 4.20. The molecule has 2 heterocycles. The van der Waals surface area contributed by atoms with Crippen LogP contribution in [0, 0.1) is 0 Å². The zero-order valence-electron chi connectivity index (χ0n) is 13.8. The lowest BCUT2D eigenvalue weighted by Gasteiger charge is -2.28. The molecule has 6 nitrogen and oxygen atoms in total. The minimum Gasteiger partial charge on any atom is -0.379 e. The molecule has 0 unspecified atom stereocenters. The number of halogens is 1. The number of ether oxygens (including phenoxy) is 1. The molecule has 0 aliphatic carbocycles. The number of aliphatic imine (C=N–C) groups is 1. The largest absolute Gasteiger partial charge is 0.379 e. The van der Waals surface area contributed by atoms with E-state index in [9.17, 15) is 0 Å². The van der Waals surface area contributed by atoms with Gasteiger partial charge in [0.05, 0.1) is 19.8 Å². The zero-order valence-corrected chi connectivity index (χ0v) is 16.1. The molecule has 1 saturated heterocycles. The molecule has 0 radical (unpaired) electrons. The third kappa shape index (κ3) is 5.77. The highest BCUT2D eigenvalue weighted by Gasteiger charge is 2.11. The molecule has 22 heavy (non-hydrogen) atoms. The Morgan fingerprint density at radius 2 is 2.14 bits per heavy atom. The van der Waals surface area contributed by atoms with E-state index in [1.54, 1.807) is 0 Å². The van der Waals surface area contributed by atoms with Crippen molar-refractivity contribution >= 4 is 29.9 Å². The van der Waals surface area contributed by atoms with Crippen molar-refractivity contribution in [2.75, 3.05) is 53.5 Å². The molecule has 1 fully saturated rings. The maximum absolute atomic E-state index is 5.36. The van der Waals surface area contributed by atoms with Crippen LogP contribution in [0.5, 0.6) is 0 Å². The fourth-order valence-electron chi connectivity index (χ4n) is 2.51. The van der Waals surface area contributed by atoms with Gasteiger partial charge in [-0.15, -0.1) is 24.0 Å². The van der Waals surface area contributed by atoms with Crippen LogP contribution < -0.4 is 5.32 Å². The van der Waals surface area contributed by atoms with Crippen molar-refractivity contribution in [1.29, 1.82) is 0 Å². The third-order valence-corrected chi connectivity index (χ3v) is 3.84. The van der Waals surface area contributed by atoms with Crippen LogP contribution in [-0.2, 0) is 18.3 Å². The number of hydrogen-bond donors (Lipinski definition) is 1. The molecule has 0 bridgehead atoms. The first-order valence-electron chi connectivity index (χ1n) is 7.53. The highest BCUT2D eigenvalue weighted by molar-refractivity contribution is 14.0. The van der Waals surface area contributed by atoms with E-state index in [0.717, 1.165) is 51.9 Å². The normalized spacial score (nSPS) is 16.2. The van der Waals surface area contributed by atoms with Crippen molar-refractivity contribution in [3.8, 4) is 0 Å². The van der Waals surface area contributed by atoms with Gasteiger partial charge in [0.25, 0.3) is 0 Å². The number of nitrogens with zero attached hydrogens (tertiary/aromatic N) is 4. The van der Waals surface area contributed by atoms with Crippen molar-refractivity contribution in [1.82, 2.24) is 19.7 Å². The average molecular weight is 421 g/mol. The Morgan fingerprint density at radius 1 is 1.41 bits per heavy atom. The molecule has 2 rings (SSSR count). The highest BCUT2D eigenvalue weighted by Crippen LogP contribution is 2.03. The van der Waals surface area contributed by atoms with Gasteiger partial charge in [0.2, 0.25) is 0 Å². The molecule has 0 saturated carbocycles. The lowest BCUT2D eigenvalue weighted by molar-refractivity contribution is 0.0388. The number of nitrogens with one attached hydrogen (secondary N) is 1. The van der Waals surface area contributed by atoms with Crippen LogP contribution >= 0.6 is 24.0 Å². The lowest BCUT2D eigenvalue weighted by atomic mass is 10.4. The molecule has 0 atom stereocenters. The maximum Gasteiger partial charge on any atom is 0.193 e. The first-order valence-corrected chi connectivity index (χ1v) is 7.53. The van der Waals surface area contributed by atoms with Gasteiger partial charge in [0, 0.05) is 59.2 Å². The fraction of sp³-hybridized carbons (Fsp3) is 0.667. The van der Waals surface area contributed by atoms with Crippen molar-refractivity contribution in [3.63, 3.8) is 0 Å². The summed E-state index contributed by atoms with van der Waals surface area (Å²) in [7, 11) is 5.97. The van der Waals surface area contributed by atoms with Gasteiger partial charge in [-0.25, -0.2) is 0 Å². The van der Waals surface area contributed by atoms with Gasteiger partial charge in [-0.05, 0) is 12.1 Å². The minimum absolute atomic E-state index is 0. The monoisotopic (exact) mass is 421 g/mol. The zero-order chi connectivity index (χ0) is 15.1. The van der Waals surface area contributed by atoms with Crippen molar-refractivity contribution in [3.05, 3.63) is 24.0 Å². The van der Waals surface area contributed by atoms with Crippen LogP contribution in [-0.4, -0.2) is 73.8 Å². The number of rotatable bonds is 5.